The lowest BCUT2D eigenvalue weighted by molar-refractivity contribution is 0.0319. The SMILES string of the molecule is COC[C@H](CN1CCOCC1)Nc1ccc2c(c1)Cc1cccc(-c3cc(N4CCOCC4)cc(=O)[nH]3)c1O2. The first-order valence-corrected chi connectivity index (χ1v) is 13.7. The number of H-pyrrole nitrogens is 1. The first-order valence-electron chi connectivity index (χ1n) is 13.7. The lowest BCUT2D eigenvalue weighted by Gasteiger charge is -2.31. The van der Waals surface area contributed by atoms with E-state index in [0.717, 1.165) is 97.6 Å². The van der Waals surface area contributed by atoms with Crippen molar-refractivity contribution in [1.29, 1.82) is 0 Å². The van der Waals surface area contributed by atoms with E-state index in [4.69, 9.17) is 18.9 Å². The summed E-state index contributed by atoms with van der Waals surface area (Å²) in [6.45, 7) is 7.85. The molecule has 206 valence electrons. The minimum Gasteiger partial charge on any atom is -0.456 e. The first-order chi connectivity index (χ1) is 19.2. The molecule has 9 nitrogen and oxygen atoms in total. The number of fused-ring (bicyclic) bond motifs is 2. The number of nitrogens with one attached hydrogen (secondary N) is 2. The number of aromatic nitrogens is 1. The van der Waals surface area contributed by atoms with Crippen molar-refractivity contribution in [1.82, 2.24) is 9.88 Å². The lowest BCUT2D eigenvalue weighted by Crippen LogP contribution is -2.44. The summed E-state index contributed by atoms with van der Waals surface area (Å²) in [6.07, 6.45) is 0.750. The van der Waals surface area contributed by atoms with Crippen molar-refractivity contribution in [3.05, 3.63) is 70.0 Å². The van der Waals surface area contributed by atoms with Gasteiger partial charge >= 0.3 is 0 Å². The molecule has 39 heavy (non-hydrogen) atoms. The highest BCUT2D eigenvalue weighted by molar-refractivity contribution is 5.74. The topological polar surface area (TPSA) is 88.3 Å². The fourth-order valence-corrected chi connectivity index (χ4v) is 5.63. The summed E-state index contributed by atoms with van der Waals surface area (Å²) in [5.41, 5.74) is 5.70. The Balaban J connectivity index is 1.22. The summed E-state index contributed by atoms with van der Waals surface area (Å²) in [7, 11) is 1.74. The number of nitrogens with zero attached hydrogens (tertiary/aromatic N) is 2. The van der Waals surface area contributed by atoms with Gasteiger partial charge in [-0.1, -0.05) is 12.1 Å². The van der Waals surface area contributed by atoms with Gasteiger partial charge in [0.25, 0.3) is 0 Å². The summed E-state index contributed by atoms with van der Waals surface area (Å²) >= 11 is 0. The quantitative estimate of drug-likeness (QED) is 0.357. The zero-order valence-corrected chi connectivity index (χ0v) is 22.4. The standard InChI is InChI=1S/C30H36N4O5/c1-36-20-24(19-33-7-11-37-12-8-33)31-23-5-6-28-22(16-23)15-21-3-2-4-26(30(21)39-28)27-17-25(18-29(35)32-27)34-9-13-38-14-10-34/h2-6,16-18,24,31H,7-15,19-20H2,1H3,(H,32,35)/t24-/m0/s1. The van der Waals surface area contributed by atoms with Crippen LogP contribution >= 0.6 is 0 Å². The minimum absolute atomic E-state index is 0.124. The number of para-hydroxylation sites is 1. The predicted octanol–water partition coefficient (Wildman–Crippen LogP) is 3.33. The van der Waals surface area contributed by atoms with Crippen molar-refractivity contribution in [3.8, 4) is 22.8 Å². The second-order valence-electron chi connectivity index (χ2n) is 10.3. The van der Waals surface area contributed by atoms with Crippen molar-refractivity contribution < 1.29 is 18.9 Å². The van der Waals surface area contributed by atoms with Crippen LogP contribution in [0.25, 0.3) is 11.3 Å². The third-order valence-corrected chi connectivity index (χ3v) is 7.57. The van der Waals surface area contributed by atoms with E-state index in [1.807, 2.05) is 24.3 Å². The Kier molecular flexibility index (Phi) is 7.83. The van der Waals surface area contributed by atoms with Crippen LogP contribution in [-0.4, -0.2) is 88.8 Å². The van der Waals surface area contributed by atoms with Crippen LogP contribution in [-0.2, 0) is 20.6 Å². The van der Waals surface area contributed by atoms with E-state index in [0.29, 0.717) is 19.8 Å². The van der Waals surface area contributed by atoms with Gasteiger partial charge in [0.2, 0.25) is 5.56 Å². The summed E-state index contributed by atoms with van der Waals surface area (Å²) < 4.78 is 23.0. The summed E-state index contributed by atoms with van der Waals surface area (Å²) in [6, 6.07) is 16.3. The second-order valence-corrected chi connectivity index (χ2v) is 10.3. The molecule has 2 aromatic carbocycles. The van der Waals surface area contributed by atoms with Crippen LogP contribution in [0.3, 0.4) is 0 Å². The van der Waals surface area contributed by atoms with E-state index < -0.39 is 0 Å². The molecule has 2 fully saturated rings. The zero-order valence-electron chi connectivity index (χ0n) is 22.4. The fourth-order valence-electron chi connectivity index (χ4n) is 5.63. The van der Waals surface area contributed by atoms with Gasteiger partial charge in [-0.15, -0.1) is 0 Å². The summed E-state index contributed by atoms with van der Waals surface area (Å²) in [5.74, 6) is 1.63. The molecule has 0 radical (unpaired) electrons. The van der Waals surface area contributed by atoms with Gasteiger partial charge in [0.05, 0.1) is 44.8 Å². The van der Waals surface area contributed by atoms with E-state index in [1.165, 1.54) is 0 Å². The number of pyridine rings is 1. The molecule has 0 unspecified atom stereocenters. The monoisotopic (exact) mass is 532 g/mol. The van der Waals surface area contributed by atoms with Crippen LogP contribution in [0.4, 0.5) is 11.4 Å². The molecule has 9 heteroatoms. The molecular formula is C30H36N4O5. The van der Waals surface area contributed by atoms with Crippen LogP contribution in [0.1, 0.15) is 11.1 Å². The van der Waals surface area contributed by atoms with E-state index in [2.05, 4.69) is 38.3 Å². The highest BCUT2D eigenvalue weighted by atomic mass is 16.5. The molecule has 3 aliphatic heterocycles. The molecule has 0 amide bonds. The Bertz CT molecular complexity index is 1350. The number of ether oxygens (including phenoxy) is 4. The van der Waals surface area contributed by atoms with Crippen LogP contribution in [0.15, 0.2) is 53.3 Å². The maximum atomic E-state index is 12.6. The largest absolute Gasteiger partial charge is 0.456 e. The highest BCUT2D eigenvalue weighted by Crippen LogP contribution is 2.43. The van der Waals surface area contributed by atoms with Crippen molar-refractivity contribution >= 4 is 11.4 Å². The molecule has 4 heterocycles. The minimum atomic E-state index is -0.124. The Hall–Kier alpha value is -3.37. The van der Waals surface area contributed by atoms with Gasteiger partial charge in [-0.2, -0.15) is 0 Å². The normalized spacial score (nSPS) is 18.1. The molecule has 0 saturated carbocycles. The Morgan fingerprint density at radius 1 is 0.974 bits per heavy atom. The first kappa shape index (κ1) is 25.9. The number of anilines is 2. The van der Waals surface area contributed by atoms with Crippen molar-refractivity contribution in [3.63, 3.8) is 0 Å². The van der Waals surface area contributed by atoms with Gasteiger partial charge in [0, 0.05) is 74.8 Å². The van der Waals surface area contributed by atoms with E-state index in [1.54, 1.807) is 13.2 Å². The molecule has 2 N–H and O–H groups in total. The van der Waals surface area contributed by atoms with Gasteiger partial charge in [-0.05, 0) is 35.9 Å². The van der Waals surface area contributed by atoms with E-state index >= 15 is 0 Å². The molecule has 6 rings (SSSR count). The van der Waals surface area contributed by atoms with Gasteiger partial charge in [-0.25, -0.2) is 0 Å². The fraction of sp³-hybridized carbons (Fsp3) is 0.433. The van der Waals surface area contributed by atoms with Crippen LogP contribution < -0.4 is 20.5 Å². The van der Waals surface area contributed by atoms with Crippen LogP contribution in [0, 0.1) is 0 Å². The number of hydrogen-bond acceptors (Lipinski definition) is 8. The molecule has 1 aromatic heterocycles. The van der Waals surface area contributed by atoms with Crippen molar-refractivity contribution in [2.24, 2.45) is 0 Å². The molecule has 2 saturated heterocycles. The van der Waals surface area contributed by atoms with Crippen molar-refractivity contribution in [2.75, 3.05) is 83.1 Å². The zero-order chi connectivity index (χ0) is 26.6. The molecule has 0 bridgehead atoms. The number of rotatable bonds is 8. The number of aromatic amines is 1. The Labute approximate surface area is 228 Å². The highest BCUT2D eigenvalue weighted by Gasteiger charge is 2.23. The molecule has 3 aromatic rings. The molecule has 3 aliphatic rings. The van der Waals surface area contributed by atoms with E-state index in [-0.39, 0.29) is 11.6 Å². The number of benzene rings is 2. The van der Waals surface area contributed by atoms with Gasteiger partial charge in [-0.3, -0.25) is 9.69 Å². The average Bonchev–Trinajstić information content (AvgIpc) is 2.96. The van der Waals surface area contributed by atoms with Gasteiger partial charge in [0.15, 0.2) is 0 Å². The van der Waals surface area contributed by atoms with Gasteiger partial charge in [0.1, 0.15) is 11.5 Å². The maximum Gasteiger partial charge on any atom is 0.250 e. The molecule has 0 spiro atoms. The summed E-state index contributed by atoms with van der Waals surface area (Å²) in [4.78, 5) is 20.2. The van der Waals surface area contributed by atoms with Gasteiger partial charge < -0.3 is 34.1 Å². The summed E-state index contributed by atoms with van der Waals surface area (Å²) in [5, 5.41) is 3.67. The lowest BCUT2D eigenvalue weighted by atomic mass is 9.96. The van der Waals surface area contributed by atoms with E-state index in [9.17, 15) is 4.79 Å². The predicted molar refractivity (Wildman–Crippen MR) is 151 cm³/mol. The smallest absolute Gasteiger partial charge is 0.250 e. The van der Waals surface area contributed by atoms with Crippen LogP contribution in [0.2, 0.25) is 0 Å². The third-order valence-electron chi connectivity index (χ3n) is 7.57. The maximum absolute atomic E-state index is 12.6. The van der Waals surface area contributed by atoms with Crippen molar-refractivity contribution in [2.45, 2.75) is 12.5 Å². The molecule has 1 atom stereocenters. The third kappa shape index (κ3) is 5.96. The second kappa shape index (κ2) is 11.8. The molecular weight excluding hydrogens is 496 g/mol. The Morgan fingerprint density at radius 3 is 2.56 bits per heavy atom. The number of methoxy groups -OCH3 is 1. The Morgan fingerprint density at radius 2 is 1.77 bits per heavy atom. The average molecular weight is 533 g/mol. The van der Waals surface area contributed by atoms with Crippen LogP contribution in [0.5, 0.6) is 11.5 Å². The number of hydrogen-bond donors (Lipinski definition) is 2. The number of morpholine rings is 2. The molecule has 0 aliphatic carbocycles.